The maximum absolute atomic E-state index is 12.6. The number of hydrogen-bond donors (Lipinski definition) is 2. The number of nitrogen functional groups attached to an aromatic ring is 1. The number of hydrogen-bond acceptors (Lipinski definition) is 3. The van der Waals surface area contributed by atoms with Gasteiger partial charge in [0.1, 0.15) is 0 Å². The topological polar surface area (TPSA) is 81.1 Å². The first kappa shape index (κ1) is 13.9. The monoisotopic (exact) mass is 285 g/mol. The molecule has 106 valence electrons. The molecule has 0 atom stereocenters. The summed E-state index contributed by atoms with van der Waals surface area (Å²) in [5, 5.41) is 12.5. The van der Waals surface area contributed by atoms with E-state index in [4.69, 9.17) is 10.8 Å². The van der Waals surface area contributed by atoms with E-state index in [1.165, 1.54) is 23.0 Å². The molecule has 2 aromatic rings. The molecule has 8 heteroatoms. The third-order valence-corrected chi connectivity index (χ3v) is 2.59. The number of nitrogens with two attached hydrogens (primary N) is 1. The van der Waals surface area contributed by atoms with Crippen molar-refractivity contribution in [2.24, 2.45) is 0 Å². The van der Waals surface area contributed by atoms with Crippen LogP contribution in [0, 0.1) is 0 Å². The number of benzene rings is 1. The first-order valence-electron chi connectivity index (χ1n) is 5.49. The van der Waals surface area contributed by atoms with Crippen LogP contribution in [0.3, 0.4) is 0 Å². The highest BCUT2D eigenvalue weighted by molar-refractivity contribution is 5.91. The Balaban J connectivity index is 2.26. The van der Waals surface area contributed by atoms with Gasteiger partial charge >= 0.3 is 12.1 Å². The maximum atomic E-state index is 12.6. The van der Waals surface area contributed by atoms with E-state index in [2.05, 4.69) is 5.10 Å². The highest BCUT2D eigenvalue weighted by atomic mass is 19.4. The van der Waals surface area contributed by atoms with Crippen molar-refractivity contribution >= 4 is 11.7 Å². The summed E-state index contributed by atoms with van der Waals surface area (Å²) in [6, 6.07) is 4.72. The van der Waals surface area contributed by atoms with Gasteiger partial charge in [0.05, 0.1) is 17.8 Å². The molecule has 0 fully saturated rings. The number of rotatable bonds is 3. The maximum Gasteiger partial charge on any atom is 0.416 e. The van der Waals surface area contributed by atoms with Crippen LogP contribution in [0.2, 0.25) is 0 Å². The molecular weight excluding hydrogens is 275 g/mol. The molecule has 0 aliphatic carbocycles. The van der Waals surface area contributed by atoms with Crippen molar-refractivity contribution in [2.45, 2.75) is 12.7 Å². The Hall–Kier alpha value is -2.51. The highest BCUT2D eigenvalue weighted by Gasteiger charge is 2.30. The second-order valence-corrected chi connectivity index (χ2v) is 4.13. The fourth-order valence-electron chi connectivity index (χ4n) is 1.72. The molecule has 1 aromatic carbocycles. The lowest BCUT2D eigenvalue weighted by Gasteiger charge is -2.08. The number of carboxylic acid groups (broad SMARTS) is 1. The molecule has 0 saturated carbocycles. The molecule has 0 saturated heterocycles. The average Bonchev–Trinajstić information content (AvgIpc) is 2.69. The van der Waals surface area contributed by atoms with Gasteiger partial charge in [-0.1, -0.05) is 12.1 Å². The molecular formula is C12H10F3N3O2. The van der Waals surface area contributed by atoms with Crippen LogP contribution in [0.5, 0.6) is 0 Å². The molecule has 0 bridgehead atoms. The van der Waals surface area contributed by atoms with Crippen LogP contribution in [-0.2, 0) is 12.7 Å². The van der Waals surface area contributed by atoms with Crippen LogP contribution in [0.1, 0.15) is 21.6 Å². The zero-order valence-corrected chi connectivity index (χ0v) is 10.1. The molecule has 0 aliphatic rings. The number of carbonyl (C=O) groups is 1. The number of aromatic nitrogens is 2. The number of nitrogens with zero attached hydrogens (tertiary/aromatic N) is 2. The van der Waals surface area contributed by atoms with Crippen molar-refractivity contribution in [1.29, 1.82) is 0 Å². The van der Waals surface area contributed by atoms with Gasteiger partial charge in [-0.25, -0.2) is 4.79 Å². The van der Waals surface area contributed by atoms with E-state index in [0.717, 1.165) is 12.1 Å². The zero-order valence-electron chi connectivity index (χ0n) is 10.1. The van der Waals surface area contributed by atoms with Crippen molar-refractivity contribution in [3.8, 4) is 0 Å². The lowest BCUT2D eigenvalue weighted by atomic mass is 10.1. The van der Waals surface area contributed by atoms with Crippen LogP contribution in [0.4, 0.5) is 18.9 Å². The van der Waals surface area contributed by atoms with Crippen LogP contribution in [0.25, 0.3) is 0 Å². The van der Waals surface area contributed by atoms with Crippen molar-refractivity contribution in [2.75, 3.05) is 5.73 Å². The molecule has 0 spiro atoms. The van der Waals surface area contributed by atoms with Crippen LogP contribution < -0.4 is 5.73 Å². The smallest absolute Gasteiger partial charge is 0.416 e. The highest BCUT2D eigenvalue weighted by Crippen LogP contribution is 2.29. The SMILES string of the molecule is Nc1cn(Cc2cccc(C(F)(F)F)c2)nc1C(=O)O. The summed E-state index contributed by atoms with van der Waals surface area (Å²) < 4.78 is 38.9. The number of carboxylic acids is 1. The van der Waals surface area contributed by atoms with E-state index < -0.39 is 17.7 Å². The minimum atomic E-state index is -4.43. The quantitative estimate of drug-likeness (QED) is 0.906. The Morgan fingerprint density at radius 3 is 2.65 bits per heavy atom. The van der Waals surface area contributed by atoms with Gasteiger partial charge in [0.25, 0.3) is 0 Å². The first-order chi connectivity index (χ1) is 9.27. The molecule has 3 N–H and O–H groups in total. The Bertz CT molecular complexity index is 650. The average molecular weight is 285 g/mol. The number of aromatic carboxylic acids is 1. The van der Waals surface area contributed by atoms with Gasteiger partial charge in [-0.15, -0.1) is 0 Å². The minimum absolute atomic E-state index is 0.00139. The van der Waals surface area contributed by atoms with Gasteiger partial charge in [0.15, 0.2) is 5.69 Å². The van der Waals surface area contributed by atoms with Crippen molar-refractivity contribution in [1.82, 2.24) is 9.78 Å². The standard InChI is InChI=1S/C12H10F3N3O2/c13-12(14,15)8-3-1-2-7(4-8)5-18-6-9(16)10(17-18)11(19)20/h1-4,6H,5,16H2,(H,19,20). The van der Waals surface area contributed by atoms with E-state index in [1.807, 2.05) is 0 Å². The van der Waals surface area contributed by atoms with Crippen LogP contribution in [-0.4, -0.2) is 20.9 Å². The molecule has 0 radical (unpaired) electrons. The number of anilines is 1. The second kappa shape index (κ2) is 4.87. The fraction of sp³-hybridized carbons (Fsp3) is 0.167. The lowest BCUT2D eigenvalue weighted by Crippen LogP contribution is -2.07. The third kappa shape index (κ3) is 2.90. The lowest BCUT2D eigenvalue weighted by molar-refractivity contribution is -0.137. The predicted molar refractivity (Wildman–Crippen MR) is 64.1 cm³/mol. The molecule has 0 unspecified atom stereocenters. The predicted octanol–water partition coefficient (Wildman–Crippen LogP) is 2.23. The summed E-state index contributed by atoms with van der Waals surface area (Å²) >= 11 is 0. The zero-order chi connectivity index (χ0) is 14.9. The molecule has 1 heterocycles. The first-order valence-corrected chi connectivity index (χ1v) is 5.49. The minimum Gasteiger partial charge on any atom is -0.476 e. The summed E-state index contributed by atoms with van der Waals surface area (Å²) in [4.78, 5) is 10.8. The molecule has 20 heavy (non-hydrogen) atoms. The van der Waals surface area contributed by atoms with Crippen LogP contribution in [0.15, 0.2) is 30.5 Å². The Morgan fingerprint density at radius 2 is 2.10 bits per heavy atom. The van der Waals surface area contributed by atoms with E-state index in [1.54, 1.807) is 0 Å². The molecule has 2 rings (SSSR count). The van der Waals surface area contributed by atoms with Gasteiger partial charge < -0.3 is 10.8 Å². The van der Waals surface area contributed by atoms with E-state index in [-0.39, 0.29) is 17.9 Å². The van der Waals surface area contributed by atoms with Gasteiger partial charge in [-0.05, 0) is 17.7 Å². The molecule has 0 aliphatic heterocycles. The Kier molecular flexibility index (Phi) is 3.39. The summed E-state index contributed by atoms with van der Waals surface area (Å²) in [5.74, 6) is -1.29. The number of alkyl halides is 3. The summed E-state index contributed by atoms with van der Waals surface area (Å²) in [6.45, 7) is 0.00139. The van der Waals surface area contributed by atoms with Crippen LogP contribution >= 0.6 is 0 Å². The van der Waals surface area contributed by atoms with Crippen molar-refractivity contribution in [3.05, 3.63) is 47.3 Å². The summed E-state index contributed by atoms with van der Waals surface area (Å²) in [5.41, 5.74) is 4.67. The molecule has 1 aromatic heterocycles. The normalized spacial score (nSPS) is 11.6. The largest absolute Gasteiger partial charge is 0.476 e. The van der Waals surface area contributed by atoms with Gasteiger partial charge in [0, 0.05) is 6.20 Å². The fourth-order valence-corrected chi connectivity index (χ4v) is 1.72. The summed E-state index contributed by atoms with van der Waals surface area (Å²) in [6.07, 6.45) is -3.16. The summed E-state index contributed by atoms with van der Waals surface area (Å²) in [7, 11) is 0. The van der Waals surface area contributed by atoms with E-state index >= 15 is 0 Å². The third-order valence-electron chi connectivity index (χ3n) is 2.59. The van der Waals surface area contributed by atoms with Gasteiger partial charge in [-0.3, -0.25) is 4.68 Å². The van der Waals surface area contributed by atoms with Crippen molar-refractivity contribution < 1.29 is 23.1 Å². The second-order valence-electron chi connectivity index (χ2n) is 4.13. The van der Waals surface area contributed by atoms with E-state index in [9.17, 15) is 18.0 Å². The molecule has 5 nitrogen and oxygen atoms in total. The molecule has 0 amide bonds. The van der Waals surface area contributed by atoms with Gasteiger partial charge in [0.2, 0.25) is 0 Å². The Morgan fingerprint density at radius 1 is 1.40 bits per heavy atom. The van der Waals surface area contributed by atoms with E-state index in [0.29, 0.717) is 5.56 Å². The van der Waals surface area contributed by atoms with Crippen molar-refractivity contribution in [3.63, 3.8) is 0 Å². The Labute approximate surface area is 111 Å². The van der Waals surface area contributed by atoms with Gasteiger partial charge in [-0.2, -0.15) is 18.3 Å². The number of halogens is 3.